The minimum absolute atomic E-state index is 0.525. The van der Waals surface area contributed by atoms with E-state index in [1.807, 2.05) is 38.1 Å². The molecule has 0 atom stereocenters. The second-order valence-corrected chi connectivity index (χ2v) is 3.16. The summed E-state index contributed by atoms with van der Waals surface area (Å²) < 4.78 is 5.36. The van der Waals surface area contributed by atoms with E-state index in [9.17, 15) is 4.79 Å². The lowest BCUT2D eigenvalue weighted by atomic mass is 10.2. The van der Waals surface area contributed by atoms with Crippen LogP contribution in [-0.4, -0.2) is 13.1 Å². The molecule has 0 saturated heterocycles. The third-order valence-electron chi connectivity index (χ3n) is 1.34. The second-order valence-electron chi connectivity index (χ2n) is 2.25. The Kier molecular flexibility index (Phi) is 7.39. The highest BCUT2D eigenvalue weighted by atomic mass is 79.9. The second kappa shape index (κ2) is 8.07. The molecule has 0 fully saturated rings. The molecule has 80 valence electrons. The van der Waals surface area contributed by atoms with Crippen LogP contribution in [-0.2, 0) is 9.53 Å². The van der Waals surface area contributed by atoms with E-state index >= 15 is 0 Å². The van der Waals surface area contributed by atoms with Crippen molar-refractivity contribution >= 4 is 21.9 Å². The number of hydrogen-bond acceptors (Lipinski definition) is 2. The minimum Gasteiger partial charge on any atom is -0.459 e. The molecule has 0 saturated carbocycles. The molecule has 0 aromatic heterocycles. The van der Waals surface area contributed by atoms with Gasteiger partial charge >= 0.3 is 5.97 Å². The molecule has 0 radical (unpaired) electrons. The first-order valence-corrected chi connectivity index (χ1v) is 5.37. The van der Waals surface area contributed by atoms with E-state index in [0.717, 1.165) is 10.0 Å². The highest BCUT2D eigenvalue weighted by Crippen LogP contribution is 2.09. The molecule has 0 aliphatic carbocycles. The first-order valence-electron chi connectivity index (χ1n) is 4.58. The minimum atomic E-state index is -0.525. The van der Waals surface area contributed by atoms with Gasteiger partial charge in [-0.1, -0.05) is 35.7 Å². The fraction of sp³-hybridized carbons (Fsp3) is 0.250. The Hall–Kier alpha value is -1.27. The molecule has 0 amide bonds. The number of rotatable bonds is 0. The van der Waals surface area contributed by atoms with Gasteiger partial charge in [-0.15, -0.1) is 0 Å². The Morgan fingerprint density at radius 1 is 1.27 bits per heavy atom. The Balaban J connectivity index is 0.000000921. The van der Waals surface area contributed by atoms with Crippen LogP contribution in [0.1, 0.15) is 19.4 Å². The summed E-state index contributed by atoms with van der Waals surface area (Å²) in [5.41, 5.74) is 0.786. The lowest BCUT2D eigenvalue weighted by molar-refractivity contribution is -0.133. The SMILES string of the molecule is CC.COC(=O)C#Cc1ccc(Br)cc1. The predicted molar refractivity (Wildman–Crippen MR) is 64.4 cm³/mol. The van der Waals surface area contributed by atoms with Crippen LogP contribution < -0.4 is 0 Å². The van der Waals surface area contributed by atoms with E-state index in [1.165, 1.54) is 7.11 Å². The average Bonchev–Trinajstić information content (AvgIpc) is 2.30. The zero-order valence-corrected chi connectivity index (χ0v) is 10.6. The Morgan fingerprint density at radius 3 is 2.27 bits per heavy atom. The zero-order valence-electron chi connectivity index (χ0n) is 9.00. The van der Waals surface area contributed by atoms with Crippen LogP contribution in [0.2, 0.25) is 0 Å². The molecule has 0 N–H and O–H groups in total. The summed E-state index contributed by atoms with van der Waals surface area (Å²) in [6.45, 7) is 4.00. The molecule has 0 spiro atoms. The van der Waals surface area contributed by atoms with Crippen molar-refractivity contribution in [2.75, 3.05) is 7.11 Å². The molecular weight excluding hydrogens is 256 g/mol. The van der Waals surface area contributed by atoms with E-state index in [4.69, 9.17) is 0 Å². The van der Waals surface area contributed by atoms with Gasteiger partial charge in [0.2, 0.25) is 0 Å². The Bertz CT molecular complexity index is 357. The normalized spacial score (nSPS) is 7.73. The van der Waals surface area contributed by atoms with E-state index in [-0.39, 0.29) is 0 Å². The van der Waals surface area contributed by atoms with Crippen molar-refractivity contribution in [1.82, 2.24) is 0 Å². The summed E-state index contributed by atoms with van der Waals surface area (Å²) in [4.78, 5) is 10.6. The molecule has 0 unspecified atom stereocenters. The lowest BCUT2D eigenvalue weighted by Gasteiger charge is -1.89. The molecular formula is C12H13BrO2. The number of halogens is 1. The van der Waals surface area contributed by atoms with Crippen LogP contribution in [0.5, 0.6) is 0 Å². The van der Waals surface area contributed by atoms with Crippen molar-refractivity contribution in [1.29, 1.82) is 0 Å². The summed E-state index contributed by atoms with van der Waals surface area (Å²) in [7, 11) is 1.30. The van der Waals surface area contributed by atoms with Gasteiger partial charge in [-0.3, -0.25) is 0 Å². The highest BCUT2D eigenvalue weighted by molar-refractivity contribution is 9.10. The van der Waals surface area contributed by atoms with Gasteiger partial charge in [-0.05, 0) is 24.3 Å². The molecule has 0 aliphatic heterocycles. The van der Waals surface area contributed by atoms with Gasteiger partial charge in [0.1, 0.15) is 0 Å². The average molecular weight is 269 g/mol. The molecule has 3 heteroatoms. The van der Waals surface area contributed by atoms with Gasteiger partial charge in [-0.25, -0.2) is 4.79 Å². The molecule has 1 aromatic rings. The van der Waals surface area contributed by atoms with Crippen LogP contribution in [0.4, 0.5) is 0 Å². The standard InChI is InChI=1S/C10H7BrO2.C2H6/c1-13-10(12)7-4-8-2-5-9(11)6-3-8;1-2/h2-3,5-6H,1H3;1-2H3. The molecule has 0 aliphatic rings. The third kappa shape index (κ3) is 5.92. The summed E-state index contributed by atoms with van der Waals surface area (Å²) in [5.74, 6) is 4.49. The van der Waals surface area contributed by atoms with Crippen molar-refractivity contribution in [2.24, 2.45) is 0 Å². The van der Waals surface area contributed by atoms with Gasteiger partial charge in [0.25, 0.3) is 0 Å². The molecule has 2 nitrogen and oxygen atoms in total. The highest BCUT2D eigenvalue weighted by Gasteiger charge is 1.90. The van der Waals surface area contributed by atoms with Crippen molar-refractivity contribution < 1.29 is 9.53 Å². The molecule has 1 aromatic carbocycles. The summed E-state index contributed by atoms with van der Waals surface area (Å²) >= 11 is 3.30. The van der Waals surface area contributed by atoms with Gasteiger partial charge in [0, 0.05) is 16.0 Å². The van der Waals surface area contributed by atoms with Crippen LogP contribution in [0.15, 0.2) is 28.7 Å². The number of methoxy groups -OCH3 is 1. The molecule has 0 heterocycles. The smallest absolute Gasteiger partial charge is 0.384 e. The number of ether oxygens (including phenoxy) is 1. The van der Waals surface area contributed by atoms with E-state index in [1.54, 1.807) is 0 Å². The Labute approximate surface area is 98.8 Å². The van der Waals surface area contributed by atoms with Crippen molar-refractivity contribution in [3.63, 3.8) is 0 Å². The third-order valence-corrected chi connectivity index (χ3v) is 1.87. The van der Waals surface area contributed by atoms with Gasteiger partial charge in [0.15, 0.2) is 0 Å². The number of carbonyl (C=O) groups excluding carboxylic acids is 1. The summed E-state index contributed by atoms with van der Waals surface area (Å²) in [5, 5.41) is 0. The molecule has 1 rings (SSSR count). The van der Waals surface area contributed by atoms with Crippen molar-refractivity contribution in [2.45, 2.75) is 13.8 Å². The lowest BCUT2D eigenvalue weighted by Crippen LogP contribution is -1.94. The summed E-state index contributed by atoms with van der Waals surface area (Å²) in [6, 6.07) is 7.36. The van der Waals surface area contributed by atoms with Gasteiger partial charge in [0.05, 0.1) is 7.11 Å². The topological polar surface area (TPSA) is 26.3 Å². The number of carbonyl (C=O) groups is 1. The summed E-state index contributed by atoms with van der Waals surface area (Å²) in [6.07, 6.45) is 0. The number of benzene rings is 1. The maximum Gasteiger partial charge on any atom is 0.384 e. The number of esters is 1. The number of hydrogen-bond donors (Lipinski definition) is 0. The first kappa shape index (κ1) is 13.7. The van der Waals surface area contributed by atoms with Crippen LogP contribution in [0, 0.1) is 11.8 Å². The van der Waals surface area contributed by atoms with Gasteiger partial charge in [-0.2, -0.15) is 0 Å². The van der Waals surface area contributed by atoms with E-state index in [0.29, 0.717) is 0 Å². The van der Waals surface area contributed by atoms with Crippen molar-refractivity contribution in [3.05, 3.63) is 34.3 Å². The first-order chi connectivity index (χ1) is 7.22. The quantitative estimate of drug-likeness (QED) is 0.534. The largest absolute Gasteiger partial charge is 0.459 e. The Morgan fingerprint density at radius 2 is 1.80 bits per heavy atom. The predicted octanol–water partition coefficient (Wildman–Crippen LogP) is 3.00. The van der Waals surface area contributed by atoms with Crippen LogP contribution in [0.25, 0.3) is 0 Å². The fourth-order valence-electron chi connectivity index (χ4n) is 0.707. The van der Waals surface area contributed by atoms with Crippen molar-refractivity contribution in [3.8, 4) is 11.8 Å². The molecule has 0 bridgehead atoms. The van der Waals surface area contributed by atoms with E-state index < -0.39 is 5.97 Å². The zero-order chi connectivity index (χ0) is 11.7. The van der Waals surface area contributed by atoms with Crippen LogP contribution >= 0.6 is 15.9 Å². The maximum atomic E-state index is 10.6. The monoisotopic (exact) mass is 268 g/mol. The van der Waals surface area contributed by atoms with E-state index in [2.05, 4.69) is 32.5 Å². The fourth-order valence-corrected chi connectivity index (χ4v) is 0.972. The maximum absolute atomic E-state index is 10.6. The van der Waals surface area contributed by atoms with Crippen LogP contribution in [0.3, 0.4) is 0 Å². The molecule has 15 heavy (non-hydrogen) atoms. The van der Waals surface area contributed by atoms with Gasteiger partial charge < -0.3 is 4.74 Å².